The highest BCUT2D eigenvalue weighted by Gasteiger charge is 2.11. The van der Waals surface area contributed by atoms with Crippen molar-refractivity contribution in [3.8, 4) is 5.69 Å². The monoisotopic (exact) mass is 336 g/mol. The summed E-state index contributed by atoms with van der Waals surface area (Å²) in [5.74, 6) is 0.666. The Labute approximate surface area is 142 Å². The van der Waals surface area contributed by atoms with Crippen LogP contribution in [0.5, 0.6) is 0 Å². The summed E-state index contributed by atoms with van der Waals surface area (Å²) in [5.41, 5.74) is 8.88. The smallest absolute Gasteiger partial charge is 0.168 e. The minimum absolute atomic E-state index is 0.642. The molecule has 0 fully saturated rings. The summed E-state index contributed by atoms with van der Waals surface area (Å²) in [6.45, 7) is 0. The lowest BCUT2D eigenvalue weighted by Crippen LogP contribution is -1.99. The number of fused-ring (bicyclic) bond motifs is 1. The first-order valence-electron chi connectivity index (χ1n) is 7.28. The van der Waals surface area contributed by atoms with Gasteiger partial charge in [0.25, 0.3) is 0 Å². The van der Waals surface area contributed by atoms with Gasteiger partial charge >= 0.3 is 0 Å². The van der Waals surface area contributed by atoms with E-state index in [1.54, 1.807) is 10.9 Å². The minimum atomic E-state index is 0.642. The Hall–Kier alpha value is -3.12. The third-order valence-electron chi connectivity index (χ3n) is 3.57. The lowest BCUT2D eigenvalue weighted by molar-refractivity contribution is 0.895. The van der Waals surface area contributed by atoms with Gasteiger partial charge in [0.2, 0.25) is 0 Å². The molecule has 0 bridgehead atoms. The molecule has 0 radical (unpaired) electrons. The molecular weight excluding hydrogens is 324 g/mol. The van der Waals surface area contributed by atoms with Crippen molar-refractivity contribution in [1.82, 2.24) is 19.7 Å². The molecule has 4 aromatic rings. The molecule has 0 amide bonds. The summed E-state index contributed by atoms with van der Waals surface area (Å²) in [6.07, 6.45) is 3.23. The number of halogens is 1. The number of hydrogen-bond donors (Lipinski definition) is 2. The number of rotatable bonds is 3. The molecule has 0 saturated heterocycles. The van der Waals surface area contributed by atoms with Crippen molar-refractivity contribution in [2.45, 2.75) is 0 Å². The second-order valence-corrected chi connectivity index (χ2v) is 5.68. The van der Waals surface area contributed by atoms with Gasteiger partial charge in [0.15, 0.2) is 5.65 Å². The van der Waals surface area contributed by atoms with Crippen LogP contribution in [0.25, 0.3) is 16.7 Å². The van der Waals surface area contributed by atoms with Gasteiger partial charge in [-0.25, -0.2) is 14.6 Å². The highest BCUT2D eigenvalue weighted by molar-refractivity contribution is 6.30. The van der Waals surface area contributed by atoms with Gasteiger partial charge in [-0.2, -0.15) is 5.10 Å². The highest BCUT2D eigenvalue weighted by atomic mass is 35.5. The molecule has 0 aliphatic heterocycles. The van der Waals surface area contributed by atoms with E-state index in [1.807, 2.05) is 48.5 Å². The van der Waals surface area contributed by atoms with Gasteiger partial charge in [-0.3, -0.25) is 0 Å². The highest BCUT2D eigenvalue weighted by Crippen LogP contribution is 2.25. The zero-order chi connectivity index (χ0) is 16.5. The number of benzene rings is 2. The first-order chi connectivity index (χ1) is 11.7. The third kappa shape index (κ3) is 2.63. The Kier molecular flexibility index (Phi) is 3.51. The van der Waals surface area contributed by atoms with Gasteiger partial charge in [-0.05, 0) is 36.4 Å². The summed E-state index contributed by atoms with van der Waals surface area (Å²) in [5, 5.41) is 9.12. The average molecular weight is 337 g/mol. The largest absolute Gasteiger partial charge is 0.399 e. The zero-order valence-electron chi connectivity index (χ0n) is 12.5. The number of nitrogens with one attached hydrogen (secondary N) is 1. The number of aromatic nitrogens is 4. The molecule has 2 aromatic heterocycles. The molecule has 4 rings (SSSR count). The van der Waals surface area contributed by atoms with E-state index < -0.39 is 0 Å². The number of anilines is 3. The normalized spacial score (nSPS) is 10.9. The van der Waals surface area contributed by atoms with Crippen LogP contribution in [0.4, 0.5) is 17.2 Å². The van der Waals surface area contributed by atoms with Crippen LogP contribution in [-0.2, 0) is 0 Å². The molecule has 0 saturated carbocycles. The predicted molar refractivity (Wildman–Crippen MR) is 95.8 cm³/mol. The summed E-state index contributed by atoms with van der Waals surface area (Å²) in [6, 6.07) is 14.9. The van der Waals surface area contributed by atoms with Gasteiger partial charge in [0, 0.05) is 16.4 Å². The first-order valence-corrected chi connectivity index (χ1v) is 7.66. The summed E-state index contributed by atoms with van der Waals surface area (Å²) >= 11 is 6.07. The quantitative estimate of drug-likeness (QED) is 0.556. The first kappa shape index (κ1) is 14.5. The van der Waals surface area contributed by atoms with Crippen LogP contribution in [0.15, 0.2) is 61.1 Å². The van der Waals surface area contributed by atoms with E-state index in [2.05, 4.69) is 20.4 Å². The van der Waals surface area contributed by atoms with E-state index in [9.17, 15) is 0 Å². The molecule has 0 spiro atoms. The molecule has 7 heteroatoms. The molecule has 118 valence electrons. The number of hydrogen-bond acceptors (Lipinski definition) is 5. The molecule has 0 aliphatic carbocycles. The lowest BCUT2D eigenvalue weighted by Gasteiger charge is -2.07. The molecular formula is C17H13ClN6. The van der Waals surface area contributed by atoms with Crippen LogP contribution in [0.3, 0.4) is 0 Å². The number of nitrogens with zero attached hydrogens (tertiary/aromatic N) is 4. The molecule has 0 unspecified atom stereocenters. The molecule has 0 aliphatic rings. The van der Waals surface area contributed by atoms with Crippen LogP contribution in [0.1, 0.15) is 0 Å². The van der Waals surface area contributed by atoms with Crippen LogP contribution in [0.2, 0.25) is 5.02 Å². The van der Waals surface area contributed by atoms with Crippen molar-refractivity contribution in [1.29, 1.82) is 0 Å². The molecule has 3 N–H and O–H groups in total. The Morgan fingerprint density at radius 3 is 2.75 bits per heavy atom. The van der Waals surface area contributed by atoms with Crippen molar-refractivity contribution in [2.75, 3.05) is 11.1 Å². The Balaban J connectivity index is 1.79. The summed E-state index contributed by atoms with van der Waals surface area (Å²) in [7, 11) is 0. The predicted octanol–water partition coefficient (Wildman–Crippen LogP) is 3.79. The fraction of sp³-hybridized carbons (Fsp3) is 0. The maximum Gasteiger partial charge on any atom is 0.168 e. The second kappa shape index (κ2) is 5.82. The maximum atomic E-state index is 6.07. The summed E-state index contributed by atoms with van der Waals surface area (Å²) < 4.78 is 1.73. The maximum absolute atomic E-state index is 6.07. The average Bonchev–Trinajstić information content (AvgIpc) is 3.00. The number of nitrogens with two attached hydrogens (primary N) is 1. The Morgan fingerprint density at radius 2 is 1.92 bits per heavy atom. The molecule has 2 heterocycles. The van der Waals surface area contributed by atoms with Crippen LogP contribution in [0, 0.1) is 0 Å². The van der Waals surface area contributed by atoms with Crippen molar-refractivity contribution in [3.05, 3.63) is 66.1 Å². The fourth-order valence-electron chi connectivity index (χ4n) is 2.49. The Bertz CT molecular complexity index is 1030. The lowest BCUT2D eigenvalue weighted by atomic mass is 10.2. The van der Waals surface area contributed by atoms with Gasteiger partial charge in [-0.15, -0.1) is 0 Å². The molecule has 2 aromatic carbocycles. The molecule has 24 heavy (non-hydrogen) atoms. The van der Waals surface area contributed by atoms with Crippen molar-refractivity contribution >= 4 is 39.8 Å². The van der Waals surface area contributed by atoms with E-state index in [0.717, 1.165) is 16.8 Å². The Morgan fingerprint density at radius 1 is 1.04 bits per heavy atom. The minimum Gasteiger partial charge on any atom is -0.399 e. The van der Waals surface area contributed by atoms with Gasteiger partial charge in [-0.1, -0.05) is 23.7 Å². The van der Waals surface area contributed by atoms with Crippen LogP contribution < -0.4 is 11.1 Å². The van der Waals surface area contributed by atoms with E-state index in [-0.39, 0.29) is 0 Å². The van der Waals surface area contributed by atoms with Gasteiger partial charge in [0.1, 0.15) is 12.1 Å². The fourth-order valence-corrected chi connectivity index (χ4v) is 2.68. The van der Waals surface area contributed by atoms with Crippen molar-refractivity contribution < 1.29 is 0 Å². The van der Waals surface area contributed by atoms with Gasteiger partial charge in [0.05, 0.1) is 17.3 Å². The van der Waals surface area contributed by atoms with Gasteiger partial charge < -0.3 is 11.1 Å². The van der Waals surface area contributed by atoms with Crippen molar-refractivity contribution in [3.63, 3.8) is 0 Å². The van der Waals surface area contributed by atoms with E-state index >= 15 is 0 Å². The van der Waals surface area contributed by atoms with Crippen LogP contribution in [-0.4, -0.2) is 19.7 Å². The van der Waals surface area contributed by atoms with E-state index in [0.29, 0.717) is 22.2 Å². The summed E-state index contributed by atoms with van der Waals surface area (Å²) in [4.78, 5) is 8.66. The molecule has 0 atom stereocenters. The van der Waals surface area contributed by atoms with E-state index in [1.165, 1.54) is 6.33 Å². The third-order valence-corrected chi connectivity index (χ3v) is 3.80. The van der Waals surface area contributed by atoms with Crippen LogP contribution >= 0.6 is 11.6 Å². The topological polar surface area (TPSA) is 81.7 Å². The SMILES string of the molecule is Nc1cccc(Nc2ncnc3c2cnn3-c2cccc(Cl)c2)c1. The second-order valence-electron chi connectivity index (χ2n) is 5.25. The van der Waals surface area contributed by atoms with E-state index in [4.69, 9.17) is 17.3 Å². The number of nitrogen functional groups attached to an aromatic ring is 1. The zero-order valence-corrected chi connectivity index (χ0v) is 13.3. The molecule has 6 nitrogen and oxygen atoms in total. The van der Waals surface area contributed by atoms with Crippen molar-refractivity contribution in [2.24, 2.45) is 0 Å². The standard InChI is InChI=1S/C17H13ClN6/c18-11-3-1-6-14(7-11)24-17-15(9-22-24)16(20-10-21-17)23-13-5-2-4-12(19)8-13/h1-10H,19H2,(H,20,21,23).